The number of anilines is 1. The summed E-state index contributed by atoms with van der Waals surface area (Å²) in [5.74, 6) is 0.0575. The van der Waals surface area contributed by atoms with Crippen molar-refractivity contribution in [3.8, 4) is 0 Å². The lowest BCUT2D eigenvalue weighted by atomic mass is 10.0. The summed E-state index contributed by atoms with van der Waals surface area (Å²) >= 11 is 0. The Morgan fingerprint density at radius 3 is 2.95 bits per heavy atom. The van der Waals surface area contributed by atoms with E-state index >= 15 is 0 Å². The zero-order chi connectivity index (χ0) is 15.4. The number of oxime groups is 1. The fourth-order valence-corrected chi connectivity index (χ4v) is 2.48. The molecule has 4 N–H and O–H groups in total. The molecular weight excluding hydrogens is 278 g/mol. The van der Waals surface area contributed by atoms with Gasteiger partial charge >= 0.3 is 0 Å². The van der Waals surface area contributed by atoms with Crippen molar-refractivity contribution in [1.29, 1.82) is 0 Å². The zero-order valence-corrected chi connectivity index (χ0v) is 11.3. The molecule has 0 saturated carbocycles. The van der Waals surface area contributed by atoms with Crippen molar-refractivity contribution < 1.29 is 15.2 Å². The Labute approximate surface area is 120 Å². The number of aromatic nitrogens is 1. The third kappa shape index (κ3) is 3.02. The standard InChI is InChI=1S/C12H17N5O4/c13-12(15-19)11-9(17(20)21)4-5-10(14-11)16-6-2-1-3-8(16)7-18/h4-5,8,18-19H,1-3,6-7H2,(H2,13,15). The number of nitro groups is 1. The van der Waals surface area contributed by atoms with Crippen LogP contribution < -0.4 is 10.6 Å². The van der Waals surface area contributed by atoms with Crippen LogP contribution in [0.25, 0.3) is 0 Å². The van der Waals surface area contributed by atoms with E-state index in [1.165, 1.54) is 12.1 Å². The minimum Gasteiger partial charge on any atom is -0.409 e. The van der Waals surface area contributed by atoms with E-state index in [0.29, 0.717) is 12.4 Å². The van der Waals surface area contributed by atoms with Gasteiger partial charge in [0.15, 0.2) is 11.5 Å². The highest BCUT2D eigenvalue weighted by Gasteiger charge is 2.26. The fraction of sp³-hybridized carbons (Fsp3) is 0.500. The largest absolute Gasteiger partial charge is 0.409 e. The van der Waals surface area contributed by atoms with Crippen molar-refractivity contribution in [3.05, 3.63) is 27.9 Å². The molecule has 9 nitrogen and oxygen atoms in total. The molecule has 114 valence electrons. The smallest absolute Gasteiger partial charge is 0.298 e. The number of piperidine rings is 1. The molecule has 0 aliphatic carbocycles. The van der Waals surface area contributed by atoms with Crippen LogP contribution in [0, 0.1) is 10.1 Å². The molecule has 1 atom stereocenters. The van der Waals surface area contributed by atoms with Crippen LogP contribution in [0.1, 0.15) is 25.0 Å². The van der Waals surface area contributed by atoms with E-state index in [-0.39, 0.29) is 24.0 Å². The monoisotopic (exact) mass is 295 g/mol. The van der Waals surface area contributed by atoms with E-state index in [4.69, 9.17) is 10.9 Å². The minimum atomic E-state index is -0.635. The molecule has 1 fully saturated rings. The van der Waals surface area contributed by atoms with Gasteiger partial charge in [0.2, 0.25) is 0 Å². The van der Waals surface area contributed by atoms with Crippen molar-refractivity contribution in [2.45, 2.75) is 25.3 Å². The van der Waals surface area contributed by atoms with E-state index in [1.54, 1.807) is 0 Å². The molecule has 1 aliphatic heterocycles. The summed E-state index contributed by atoms with van der Waals surface area (Å²) in [5.41, 5.74) is 4.96. The highest BCUT2D eigenvalue weighted by Crippen LogP contribution is 2.26. The number of rotatable bonds is 4. The average molecular weight is 295 g/mol. The number of pyridine rings is 1. The highest BCUT2D eigenvalue weighted by atomic mass is 16.6. The van der Waals surface area contributed by atoms with Crippen LogP contribution >= 0.6 is 0 Å². The van der Waals surface area contributed by atoms with Gasteiger partial charge in [-0.1, -0.05) is 5.16 Å². The van der Waals surface area contributed by atoms with Gasteiger partial charge in [-0.05, 0) is 25.3 Å². The molecule has 1 aliphatic rings. The zero-order valence-electron chi connectivity index (χ0n) is 11.3. The van der Waals surface area contributed by atoms with Crippen LogP contribution in [-0.4, -0.2) is 45.3 Å². The Kier molecular flexibility index (Phi) is 4.53. The molecule has 1 unspecified atom stereocenters. The maximum absolute atomic E-state index is 11.0. The SMILES string of the molecule is N/C(=N/O)c1nc(N2CCCCC2CO)ccc1[N+](=O)[O-]. The van der Waals surface area contributed by atoms with Crippen molar-refractivity contribution in [3.63, 3.8) is 0 Å². The summed E-state index contributed by atoms with van der Waals surface area (Å²) in [6, 6.07) is 2.71. The first-order valence-corrected chi connectivity index (χ1v) is 6.59. The normalized spacial score (nSPS) is 19.6. The second kappa shape index (κ2) is 6.35. The van der Waals surface area contributed by atoms with Gasteiger partial charge in [0.25, 0.3) is 5.69 Å². The second-order valence-corrected chi connectivity index (χ2v) is 4.81. The third-order valence-electron chi connectivity index (χ3n) is 3.54. The molecule has 9 heteroatoms. The van der Waals surface area contributed by atoms with Gasteiger partial charge in [0.1, 0.15) is 5.82 Å². The summed E-state index contributed by atoms with van der Waals surface area (Å²) in [7, 11) is 0. The number of nitrogens with zero attached hydrogens (tertiary/aromatic N) is 4. The molecule has 21 heavy (non-hydrogen) atoms. The topological polar surface area (TPSA) is 138 Å². The number of aliphatic hydroxyl groups excluding tert-OH is 1. The highest BCUT2D eigenvalue weighted by molar-refractivity contribution is 5.99. The number of aliphatic hydroxyl groups is 1. The average Bonchev–Trinajstić information content (AvgIpc) is 2.53. The lowest BCUT2D eigenvalue weighted by molar-refractivity contribution is -0.385. The fourth-order valence-electron chi connectivity index (χ4n) is 2.48. The Balaban J connectivity index is 2.43. The Morgan fingerprint density at radius 1 is 1.57 bits per heavy atom. The van der Waals surface area contributed by atoms with Crippen molar-refractivity contribution >= 4 is 17.3 Å². The second-order valence-electron chi connectivity index (χ2n) is 4.81. The molecular formula is C12H17N5O4. The van der Waals surface area contributed by atoms with E-state index in [0.717, 1.165) is 19.3 Å². The molecule has 0 spiro atoms. The maximum Gasteiger partial charge on any atom is 0.298 e. The van der Waals surface area contributed by atoms with Crippen molar-refractivity contribution in [2.24, 2.45) is 10.9 Å². The van der Waals surface area contributed by atoms with Gasteiger partial charge in [-0.25, -0.2) is 4.98 Å². The molecule has 0 bridgehead atoms. The van der Waals surface area contributed by atoms with Crippen LogP contribution in [0.5, 0.6) is 0 Å². The van der Waals surface area contributed by atoms with Crippen LogP contribution in [0.3, 0.4) is 0 Å². The van der Waals surface area contributed by atoms with E-state index in [2.05, 4.69) is 10.1 Å². The quantitative estimate of drug-likeness (QED) is 0.241. The van der Waals surface area contributed by atoms with Crippen LogP contribution in [0.2, 0.25) is 0 Å². The van der Waals surface area contributed by atoms with Gasteiger partial charge < -0.3 is 20.9 Å². The summed E-state index contributed by atoms with van der Waals surface area (Å²) in [6.07, 6.45) is 2.80. The van der Waals surface area contributed by atoms with Gasteiger partial charge in [0, 0.05) is 12.6 Å². The molecule has 1 aromatic heterocycles. The Hall–Kier alpha value is -2.42. The third-order valence-corrected chi connectivity index (χ3v) is 3.54. The van der Waals surface area contributed by atoms with E-state index in [9.17, 15) is 15.2 Å². The molecule has 0 amide bonds. The number of amidine groups is 1. The molecule has 0 aromatic carbocycles. The number of hydrogen-bond acceptors (Lipinski definition) is 7. The van der Waals surface area contributed by atoms with Gasteiger partial charge in [-0.15, -0.1) is 0 Å². The number of hydrogen-bond donors (Lipinski definition) is 3. The first-order chi connectivity index (χ1) is 10.1. The predicted molar refractivity (Wildman–Crippen MR) is 75.5 cm³/mol. The molecule has 1 saturated heterocycles. The predicted octanol–water partition coefficient (Wildman–Crippen LogP) is 0.435. The Bertz CT molecular complexity index is 563. The molecule has 2 rings (SSSR count). The maximum atomic E-state index is 11.0. The van der Waals surface area contributed by atoms with Gasteiger partial charge in [0.05, 0.1) is 17.6 Å². The summed E-state index contributed by atoms with van der Waals surface area (Å²) < 4.78 is 0. The summed E-state index contributed by atoms with van der Waals surface area (Å²) in [5, 5.41) is 31.9. The molecule has 2 heterocycles. The van der Waals surface area contributed by atoms with Crippen LogP contribution in [-0.2, 0) is 0 Å². The van der Waals surface area contributed by atoms with Crippen LogP contribution in [0.15, 0.2) is 17.3 Å². The summed E-state index contributed by atoms with van der Waals surface area (Å²) in [6.45, 7) is 0.684. The first-order valence-electron chi connectivity index (χ1n) is 6.59. The molecule has 1 aromatic rings. The van der Waals surface area contributed by atoms with E-state index in [1.807, 2.05) is 4.90 Å². The van der Waals surface area contributed by atoms with Crippen molar-refractivity contribution in [1.82, 2.24) is 4.98 Å². The molecule has 0 radical (unpaired) electrons. The lowest BCUT2D eigenvalue weighted by Crippen LogP contribution is -2.42. The first kappa shape index (κ1) is 15.0. The Morgan fingerprint density at radius 2 is 2.33 bits per heavy atom. The summed E-state index contributed by atoms with van der Waals surface area (Å²) in [4.78, 5) is 16.4. The van der Waals surface area contributed by atoms with Crippen LogP contribution in [0.4, 0.5) is 11.5 Å². The minimum absolute atomic E-state index is 0.0163. The number of nitrogens with two attached hydrogens (primary N) is 1. The van der Waals surface area contributed by atoms with Gasteiger partial charge in [-0.3, -0.25) is 10.1 Å². The van der Waals surface area contributed by atoms with Crippen molar-refractivity contribution in [2.75, 3.05) is 18.1 Å². The lowest BCUT2D eigenvalue weighted by Gasteiger charge is -2.35. The van der Waals surface area contributed by atoms with E-state index < -0.39 is 10.8 Å². The van der Waals surface area contributed by atoms with Gasteiger partial charge in [-0.2, -0.15) is 0 Å².